The number of carboxylic acids is 1. The average molecular weight is 1520 g/mol. The zero-order chi connectivity index (χ0) is 66.8. The van der Waals surface area contributed by atoms with Gasteiger partial charge in [-0.05, 0) is 91.4 Å². The van der Waals surface area contributed by atoms with Crippen LogP contribution >= 0.6 is 75.3 Å². The average Bonchev–Trinajstić information content (AvgIpc) is 3.73. The van der Waals surface area contributed by atoms with Crippen LogP contribution in [0.5, 0.6) is 34.5 Å². The number of carbonyl (C=O) groups is 5. The third-order valence-electron chi connectivity index (χ3n) is 10.2. The lowest BCUT2D eigenvalue weighted by atomic mass is 10.1. The minimum absolute atomic E-state index is 0.0283. The second kappa shape index (κ2) is 40.7. The summed E-state index contributed by atoms with van der Waals surface area (Å²) < 4.78 is 52.0. The van der Waals surface area contributed by atoms with E-state index >= 15 is 0 Å². The molecule has 0 spiro atoms. The molecule has 0 bridgehead atoms. The second-order valence-corrected chi connectivity index (χ2v) is 19.1. The number of benzene rings is 2. The summed E-state index contributed by atoms with van der Waals surface area (Å²) in [5.74, 6) is 1.41. The number of nitrogens with one attached hydrogen (secondary N) is 2. The van der Waals surface area contributed by atoms with Crippen molar-refractivity contribution in [2.24, 2.45) is 5.73 Å². The van der Waals surface area contributed by atoms with Crippen LogP contribution in [0.15, 0.2) is 84.7 Å². The van der Waals surface area contributed by atoms with Crippen molar-refractivity contribution < 1.29 is 76.4 Å². The first kappa shape index (κ1) is 76.5. The molecule has 36 heteroatoms. The van der Waals surface area contributed by atoms with Gasteiger partial charge in [0.2, 0.25) is 0 Å². The predicted octanol–water partition coefficient (Wildman–Crippen LogP) is 7.76. The molecular formula is C53H61Br4ClN14O17. The van der Waals surface area contributed by atoms with E-state index < -0.39 is 29.8 Å². The number of H-pyrrole nitrogens is 1. The van der Waals surface area contributed by atoms with E-state index in [0.717, 1.165) is 29.8 Å². The van der Waals surface area contributed by atoms with E-state index in [1.54, 1.807) is 94.6 Å². The van der Waals surface area contributed by atoms with Gasteiger partial charge in [-0.15, -0.1) is 0 Å². The largest absolute Gasteiger partial charge is 0.496 e. The molecule has 0 fully saturated rings. The van der Waals surface area contributed by atoms with Gasteiger partial charge < -0.3 is 80.0 Å². The molecule has 0 aliphatic heterocycles. The van der Waals surface area contributed by atoms with Crippen LogP contribution in [0.25, 0.3) is 0 Å². The van der Waals surface area contributed by atoms with Crippen molar-refractivity contribution in [3.8, 4) is 34.5 Å². The number of ether oxygens (including phenoxy) is 10. The van der Waals surface area contributed by atoms with E-state index in [4.69, 9.17) is 76.5 Å². The van der Waals surface area contributed by atoms with Crippen molar-refractivity contribution in [1.29, 1.82) is 0 Å². The summed E-state index contributed by atoms with van der Waals surface area (Å²) in [7, 11) is 9.48. The number of hydrogen-bond donors (Lipinski definition) is 6. The van der Waals surface area contributed by atoms with Gasteiger partial charge in [0, 0.05) is 49.0 Å². The number of rotatable bonds is 19. The number of aromatic carboxylic acids is 1. The van der Waals surface area contributed by atoms with Gasteiger partial charge in [-0.1, -0.05) is 11.6 Å². The molecule has 0 saturated heterocycles. The molecule has 7 rings (SSSR count). The van der Waals surface area contributed by atoms with E-state index in [0.29, 0.717) is 80.0 Å². The van der Waals surface area contributed by atoms with Gasteiger partial charge >= 0.3 is 29.8 Å². The fraction of sp³-hybridized carbons (Fsp3) is 0.302. The molecule has 0 amide bonds. The molecule has 0 unspecified atom stereocenters. The molecule has 0 atom stereocenters. The number of nitrogen functional groups attached to an aromatic ring is 2. The van der Waals surface area contributed by atoms with Crippen molar-refractivity contribution in [3.63, 3.8) is 0 Å². The molecule has 480 valence electrons. The highest BCUT2D eigenvalue weighted by molar-refractivity contribution is 9.11. The third kappa shape index (κ3) is 24.1. The molecule has 0 saturated carbocycles. The SMILES string of the molecule is CCOC(=O)c1cc(=O)[nH]cn1.CCOC(=O)c1ncnc(Cl)c1Br.CCOC(=O)c1ncnc(N)c1Br.CCOC(=O)c1ncnc(NCc2c(OC)cc(OC)cc2OC)c1Br.COc1cc(OC)c(CN)c(OC)c1.Nc1ncnc(C(=O)O)c1Br. The molecule has 0 aliphatic rings. The fourth-order valence-electron chi connectivity index (χ4n) is 6.17. The van der Waals surface area contributed by atoms with Crippen molar-refractivity contribution in [1.82, 2.24) is 49.8 Å². The minimum Gasteiger partial charge on any atom is -0.496 e. The minimum atomic E-state index is -1.13. The van der Waals surface area contributed by atoms with Crippen LogP contribution in [0.4, 0.5) is 17.5 Å². The van der Waals surface area contributed by atoms with Crippen molar-refractivity contribution in [2.75, 3.05) is 85.9 Å². The lowest BCUT2D eigenvalue weighted by molar-refractivity contribution is 0.0508. The Morgan fingerprint density at radius 2 is 0.899 bits per heavy atom. The standard InChI is InChI=1S/C17H20BrN3O5.C10H15NO3.C7H6BrClN2O2.C7H8BrN3O2.C7H8N2O3.C5H4BrN3O2/c1-5-26-17(22)15-14(18)16(21-9-20-15)19-8-11-12(24-3)6-10(23-2)7-13(11)25-4;1-12-7-4-9(13-2)8(6-11)10(5-7)14-3;2*1-2-13-7(12)5-4(8)6(9)11-3-10-5;1-2-12-7(11)5-3-6(10)9-4-8-5;6-2-3(5(10)11)8-1-9-4(2)7/h6-7,9H,5,8H2,1-4H3,(H,19,20,21);4-5H,6,11H2,1-3H3;3H,2H2,1H3;3H,2H2,1H3,(H2,9,10,11);3-4H,2H2,1H3,(H,8,9,10);1H,(H,10,11)(H2,7,8,9). The third-order valence-corrected chi connectivity index (χ3v) is 13.8. The first-order valence-corrected chi connectivity index (χ1v) is 28.7. The maximum Gasteiger partial charge on any atom is 0.358 e. The summed E-state index contributed by atoms with van der Waals surface area (Å²) in [5, 5.41) is 11.9. The molecule has 5 aromatic heterocycles. The Balaban J connectivity index is 0.000000376. The maximum atomic E-state index is 11.9. The van der Waals surface area contributed by atoms with E-state index in [1.165, 1.54) is 19.0 Å². The van der Waals surface area contributed by atoms with Crippen LogP contribution in [-0.4, -0.2) is 154 Å². The number of carboxylic acid groups (broad SMARTS) is 1. The van der Waals surface area contributed by atoms with Gasteiger partial charge in [0.1, 0.15) is 82.4 Å². The number of aromatic amines is 1. The highest BCUT2D eigenvalue weighted by atomic mass is 79.9. The highest BCUT2D eigenvalue weighted by Gasteiger charge is 2.21. The van der Waals surface area contributed by atoms with Gasteiger partial charge in [0.15, 0.2) is 28.5 Å². The number of carbonyl (C=O) groups excluding carboxylic acids is 4. The second-order valence-electron chi connectivity index (χ2n) is 15.6. The summed E-state index contributed by atoms with van der Waals surface area (Å²) in [6.45, 7) is 8.70. The van der Waals surface area contributed by atoms with Gasteiger partial charge in [-0.3, -0.25) is 4.79 Å². The van der Waals surface area contributed by atoms with Crippen LogP contribution in [0.3, 0.4) is 0 Å². The molecule has 0 radical (unpaired) electrons. The van der Waals surface area contributed by atoms with Gasteiger partial charge in [-0.25, -0.2) is 68.8 Å². The van der Waals surface area contributed by atoms with Crippen LogP contribution < -0.4 is 56.5 Å². The van der Waals surface area contributed by atoms with Crippen LogP contribution in [-0.2, 0) is 32.0 Å². The summed E-state index contributed by atoms with van der Waals surface area (Å²) in [4.78, 5) is 102. The monoisotopic (exact) mass is 1520 g/mol. The highest BCUT2D eigenvalue weighted by Crippen LogP contribution is 2.36. The Morgan fingerprint density at radius 1 is 0.517 bits per heavy atom. The van der Waals surface area contributed by atoms with Gasteiger partial charge in [0.25, 0.3) is 5.56 Å². The van der Waals surface area contributed by atoms with Crippen LogP contribution in [0.1, 0.15) is 91.3 Å². The van der Waals surface area contributed by atoms with E-state index in [1.807, 2.05) is 0 Å². The molecule has 2 aromatic carbocycles. The molecule has 31 nitrogen and oxygen atoms in total. The van der Waals surface area contributed by atoms with Crippen molar-refractivity contribution in [3.05, 3.63) is 135 Å². The van der Waals surface area contributed by atoms with Crippen molar-refractivity contribution in [2.45, 2.75) is 40.8 Å². The summed E-state index contributed by atoms with van der Waals surface area (Å²) in [5.41, 5.74) is 17.9. The summed E-state index contributed by atoms with van der Waals surface area (Å²) in [6, 6.07) is 8.19. The Labute approximate surface area is 547 Å². The van der Waals surface area contributed by atoms with E-state index in [9.17, 15) is 28.8 Å². The zero-order valence-electron chi connectivity index (χ0n) is 49.1. The van der Waals surface area contributed by atoms with Crippen LogP contribution in [0, 0.1) is 0 Å². The lowest BCUT2D eigenvalue weighted by Gasteiger charge is -2.16. The number of aromatic nitrogens is 10. The molecule has 89 heavy (non-hydrogen) atoms. The topological polar surface area (TPSA) is 437 Å². The first-order valence-electron chi connectivity index (χ1n) is 25.2. The zero-order valence-corrected chi connectivity index (χ0v) is 56.2. The predicted molar refractivity (Wildman–Crippen MR) is 336 cm³/mol. The first-order chi connectivity index (χ1) is 42.5. The number of nitrogens with zero attached hydrogens (tertiary/aromatic N) is 9. The van der Waals surface area contributed by atoms with Crippen molar-refractivity contribution >= 4 is 123 Å². The number of methoxy groups -OCH3 is 6. The Bertz CT molecular complexity index is 3430. The number of halogens is 5. The lowest BCUT2D eigenvalue weighted by Crippen LogP contribution is -2.13. The Kier molecular flexibility index (Phi) is 35.0. The maximum absolute atomic E-state index is 11.9. The van der Waals surface area contributed by atoms with Gasteiger partial charge in [0.05, 0.1) is 98.9 Å². The fourth-order valence-corrected chi connectivity index (χ4v) is 7.92. The molecule has 7 aromatic rings. The molecule has 9 N–H and O–H groups in total. The van der Waals surface area contributed by atoms with E-state index in [2.05, 4.69) is 124 Å². The normalized spacial score (nSPS) is 9.80. The Morgan fingerprint density at radius 3 is 1.29 bits per heavy atom. The number of anilines is 3. The summed E-state index contributed by atoms with van der Waals surface area (Å²) >= 11 is 18.1. The number of esters is 4. The van der Waals surface area contributed by atoms with Crippen LogP contribution in [0.2, 0.25) is 5.15 Å². The number of hydrogen-bond acceptors (Lipinski definition) is 29. The molecule has 5 heterocycles. The summed E-state index contributed by atoms with van der Waals surface area (Å²) in [6.07, 6.45) is 5.98. The molecular weight excluding hydrogens is 1460 g/mol. The smallest absolute Gasteiger partial charge is 0.358 e. The molecule has 0 aliphatic carbocycles. The van der Waals surface area contributed by atoms with Gasteiger partial charge in [-0.2, -0.15) is 0 Å². The Hall–Kier alpha value is -8.64. The van der Waals surface area contributed by atoms with E-state index in [-0.39, 0.29) is 68.5 Å². The quantitative estimate of drug-likeness (QED) is 0.0256. The number of nitrogens with two attached hydrogens (primary N) is 3.